The normalized spacial score (nSPS) is 19.0. The Hall–Kier alpha value is -2.34. The van der Waals surface area contributed by atoms with E-state index >= 15 is 0 Å². The fourth-order valence-electron chi connectivity index (χ4n) is 4.22. The molecule has 0 spiro atoms. The Morgan fingerprint density at radius 1 is 1.03 bits per heavy atom. The molecule has 2 nitrogen and oxygen atoms in total. The van der Waals surface area contributed by atoms with Gasteiger partial charge in [0.1, 0.15) is 17.4 Å². The Balaban J connectivity index is 1.57. The van der Waals surface area contributed by atoms with E-state index in [1.807, 2.05) is 0 Å². The van der Waals surface area contributed by atoms with Crippen LogP contribution in [-0.2, 0) is 11.2 Å². The highest BCUT2D eigenvalue weighted by atomic mass is 19.3. The minimum atomic E-state index is -2.83. The molecule has 2 aromatic carbocycles. The Morgan fingerprint density at radius 2 is 1.78 bits per heavy atom. The fraction of sp³-hybridized carbons (Fsp3) is 0.462. The van der Waals surface area contributed by atoms with Crippen molar-refractivity contribution in [3.05, 3.63) is 66.3 Å². The average Bonchev–Trinajstić information content (AvgIpc) is 2.78. The van der Waals surface area contributed by atoms with Crippen LogP contribution in [0.3, 0.4) is 0 Å². The van der Waals surface area contributed by atoms with Gasteiger partial charge in [-0.25, -0.2) is 17.6 Å². The molecule has 0 radical (unpaired) electrons. The first-order valence-electron chi connectivity index (χ1n) is 11.1. The molecule has 1 aliphatic rings. The lowest BCUT2D eigenvalue weighted by molar-refractivity contribution is -0.0959. The van der Waals surface area contributed by atoms with Crippen LogP contribution in [0.4, 0.5) is 17.6 Å². The zero-order valence-electron chi connectivity index (χ0n) is 18.4. The maximum absolute atomic E-state index is 14.6. The van der Waals surface area contributed by atoms with Gasteiger partial charge in [0.2, 0.25) is 0 Å². The Bertz CT molecular complexity index is 905. The lowest BCUT2D eigenvalue weighted by atomic mass is 9.82. The van der Waals surface area contributed by atoms with Gasteiger partial charge in [0, 0.05) is 31.1 Å². The zero-order chi connectivity index (χ0) is 23.1. The van der Waals surface area contributed by atoms with Gasteiger partial charge < -0.3 is 9.47 Å². The Kier molecular flexibility index (Phi) is 8.35. The summed E-state index contributed by atoms with van der Waals surface area (Å²) in [6.07, 6.45) is 4.68. The van der Waals surface area contributed by atoms with Crippen molar-refractivity contribution in [1.82, 2.24) is 0 Å². The summed E-state index contributed by atoms with van der Waals surface area (Å²) in [6, 6.07) is 8.76. The molecule has 0 N–H and O–H groups in total. The SMILES string of the molecule is C=CCCc1ccc(-c2ccc(OCCC(F)(F)C3CCC(OC)CC3)cc2F)cc1F. The van der Waals surface area contributed by atoms with Crippen molar-refractivity contribution in [2.24, 2.45) is 5.92 Å². The summed E-state index contributed by atoms with van der Waals surface area (Å²) < 4.78 is 68.6. The summed E-state index contributed by atoms with van der Waals surface area (Å²) in [6.45, 7) is 3.42. The van der Waals surface area contributed by atoms with Gasteiger partial charge in [-0.2, -0.15) is 0 Å². The first-order valence-corrected chi connectivity index (χ1v) is 11.1. The first-order chi connectivity index (χ1) is 15.3. The van der Waals surface area contributed by atoms with Crippen LogP contribution in [-0.4, -0.2) is 25.7 Å². The van der Waals surface area contributed by atoms with Crippen molar-refractivity contribution >= 4 is 0 Å². The molecular weight excluding hydrogens is 420 g/mol. The molecule has 2 aromatic rings. The number of hydrogen-bond donors (Lipinski definition) is 0. The number of allylic oxidation sites excluding steroid dienone is 1. The molecule has 1 saturated carbocycles. The molecule has 1 aliphatic carbocycles. The van der Waals surface area contributed by atoms with E-state index in [0.29, 0.717) is 49.7 Å². The molecule has 1 fully saturated rings. The molecular formula is C26H30F4O2. The number of ether oxygens (including phenoxy) is 2. The van der Waals surface area contributed by atoms with E-state index in [0.717, 1.165) is 6.07 Å². The number of halogens is 4. The van der Waals surface area contributed by atoms with Crippen LogP contribution in [0.25, 0.3) is 11.1 Å². The third-order valence-corrected chi connectivity index (χ3v) is 6.23. The molecule has 0 aliphatic heterocycles. The van der Waals surface area contributed by atoms with Crippen molar-refractivity contribution in [1.29, 1.82) is 0 Å². The van der Waals surface area contributed by atoms with Gasteiger partial charge in [0.05, 0.1) is 12.7 Å². The number of hydrogen-bond acceptors (Lipinski definition) is 2. The van der Waals surface area contributed by atoms with Gasteiger partial charge >= 0.3 is 0 Å². The smallest absolute Gasteiger partial charge is 0.254 e. The van der Waals surface area contributed by atoms with Crippen molar-refractivity contribution in [3.8, 4) is 16.9 Å². The second kappa shape index (κ2) is 11.0. The lowest BCUT2D eigenvalue weighted by Gasteiger charge is -2.33. The number of alkyl halides is 2. The van der Waals surface area contributed by atoms with Gasteiger partial charge in [-0.3, -0.25) is 0 Å². The van der Waals surface area contributed by atoms with Crippen LogP contribution >= 0.6 is 0 Å². The summed E-state index contributed by atoms with van der Waals surface area (Å²) in [7, 11) is 1.61. The molecule has 0 bridgehead atoms. The maximum atomic E-state index is 14.6. The molecule has 0 amide bonds. The van der Waals surface area contributed by atoms with E-state index in [-0.39, 0.29) is 24.0 Å². The van der Waals surface area contributed by atoms with E-state index in [2.05, 4.69) is 6.58 Å². The van der Waals surface area contributed by atoms with Crippen LogP contribution in [0.15, 0.2) is 49.1 Å². The van der Waals surface area contributed by atoms with Crippen LogP contribution in [0.5, 0.6) is 5.75 Å². The molecule has 0 unspecified atom stereocenters. The number of aryl methyl sites for hydroxylation is 1. The lowest BCUT2D eigenvalue weighted by Crippen LogP contribution is -2.35. The summed E-state index contributed by atoms with van der Waals surface area (Å²) in [4.78, 5) is 0. The molecule has 32 heavy (non-hydrogen) atoms. The molecule has 0 saturated heterocycles. The van der Waals surface area contributed by atoms with Gasteiger partial charge in [-0.15, -0.1) is 6.58 Å². The average molecular weight is 451 g/mol. The van der Waals surface area contributed by atoms with Gasteiger partial charge in [-0.05, 0) is 67.9 Å². The molecule has 6 heteroatoms. The van der Waals surface area contributed by atoms with E-state index in [1.165, 1.54) is 18.2 Å². The van der Waals surface area contributed by atoms with E-state index in [9.17, 15) is 17.6 Å². The number of rotatable bonds is 10. The predicted molar refractivity (Wildman–Crippen MR) is 118 cm³/mol. The molecule has 0 atom stereocenters. The standard InChI is InChI=1S/C26H30F4O2/c1-3-4-5-18-6-7-19(16-24(18)27)23-13-12-22(17-25(23)28)32-15-14-26(29,30)20-8-10-21(31-2)11-9-20/h3,6-7,12-13,16-17,20-21H,1,4-5,8-11,14-15H2,2H3. The molecule has 0 heterocycles. The van der Waals surface area contributed by atoms with Gasteiger partial charge in [-0.1, -0.05) is 18.2 Å². The van der Waals surface area contributed by atoms with Gasteiger partial charge in [0.25, 0.3) is 5.92 Å². The summed E-state index contributed by atoms with van der Waals surface area (Å²) in [5.74, 6) is -4.33. The van der Waals surface area contributed by atoms with Crippen LogP contribution < -0.4 is 4.74 Å². The van der Waals surface area contributed by atoms with Crippen LogP contribution in [0.1, 0.15) is 44.1 Å². The first kappa shape index (κ1) is 24.3. The van der Waals surface area contributed by atoms with Crippen molar-refractivity contribution in [2.45, 2.75) is 57.0 Å². The molecule has 0 aromatic heterocycles. The van der Waals surface area contributed by atoms with Crippen molar-refractivity contribution in [3.63, 3.8) is 0 Å². The number of methoxy groups -OCH3 is 1. The second-order valence-electron chi connectivity index (χ2n) is 8.34. The second-order valence-corrected chi connectivity index (χ2v) is 8.34. The summed E-state index contributed by atoms with van der Waals surface area (Å²) in [5, 5.41) is 0. The van der Waals surface area contributed by atoms with E-state index < -0.39 is 29.9 Å². The van der Waals surface area contributed by atoms with E-state index in [4.69, 9.17) is 9.47 Å². The highest BCUT2D eigenvalue weighted by molar-refractivity contribution is 5.65. The van der Waals surface area contributed by atoms with Gasteiger partial charge in [0.15, 0.2) is 0 Å². The van der Waals surface area contributed by atoms with Crippen LogP contribution in [0.2, 0.25) is 0 Å². The zero-order valence-corrected chi connectivity index (χ0v) is 18.4. The molecule has 174 valence electrons. The van der Waals surface area contributed by atoms with Crippen molar-refractivity contribution in [2.75, 3.05) is 13.7 Å². The maximum Gasteiger partial charge on any atom is 0.254 e. The summed E-state index contributed by atoms with van der Waals surface area (Å²) >= 11 is 0. The Morgan fingerprint density at radius 3 is 2.41 bits per heavy atom. The Labute approximate surface area is 187 Å². The fourth-order valence-corrected chi connectivity index (χ4v) is 4.22. The number of benzene rings is 2. The van der Waals surface area contributed by atoms with E-state index in [1.54, 1.807) is 25.3 Å². The minimum Gasteiger partial charge on any atom is -0.493 e. The molecule has 3 rings (SSSR count). The summed E-state index contributed by atoms with van der Waals surface area (Å²) in [5.41, 5.74) is 1.18. The highest BCUT2D eigenvalue weighted by Crippen LogP contribution is 2.39. The topological polar surface area (TPSA) is 18.5 Å². The predicted octanol–water partition coefficient (Wildman–Crippen LogP) is 7.36. The van der Waals surface area contributed by atoms with Crippen LogP contribution in [0, 0.1) is 17.6 Å². The quantitative estimate of drug-likeness (QED) is 0.278. The third kappa shape index (κ3) is 6.12. The third-order valence-electron chi connectivity index (χ3n) is 6.23. The minimum absolute atomic E-state index is 0.0663. The monoisotopic (exact) mass is 450 g/mol. The largest absolute Gasteiger partial charge is 0.493 e. The highest BCUT2D eigenvalue weighted by Gasteiger charge is 2.41. The van der Waals surface area contributed by atoms with Crippen molar-refractivity contribution < 1.29 is 27.0 Å².